The minimum Gasteiger partial charge on any atom is -0.486 e. The molecular formula is C31H39ClN2O. The minimum absolute atomic E-state index is 0. The van der Waals surface area contributed by atoms with Crippen molar-refractivity contribution < 1.29 is 4.74 Å². The van der Waals surface area contributed by atoms with Gasteiger partial charge in [0.05, 0.1) is 12.0 Å². The smallest absolute Gasteiger partial charge is 0.127 e. The van der Waals surface area contributed by atoms with Crippen LogP contribution >= 0.6 is 12.4 Å². The fourth-order valence-corrected chi connectivity index (χ4v) is 6.19. The molecule has 3 aromatic carbocycles. The number of rotatable bonds is 4. The normalized spacial score (nSPS) is 20.0. The predicted molar refractivity (Wildman–Crippen MR) is 148 cm³/mol. The first-order valence-electron chi connectivity index (χ1n) is 12.7. The van der Waals surface area contributed by atoms with Crippen molar-refractivity contribution in [1.29, 1.82) is 0 Å². The number of halogens is 1. The Balaban J connectivity index is 0.00000289. The molecule has 2 aliphatic rings. The molecule has 2 atom stereocenters. The molecule has 0 bridgehead atoms. The fraction of sp³-hybridized carbons (Fsp3) is 0.419. The van der Waals surface area contributed by atoms with Crippen LogP contribution in [0.3, 0.4) is 0 Å². The van der Waals surface area contributed by atoms with Gasteiger partial charge >= 0.3 is 0 Å². The molecular weight excluding hydrogens is 452 g/mol. The standard InChI is InChI=1S/C31H38N2O.ClH/c1-20-12-14-24(15-13-20)28-27-23(4)26(21(2)22(3)30(27)34-31(28,5)6)29(25-10-8-7-9-11-25)33-18-16-32-17-19-33;/h7-15,28-29,32H,16-19H2,1-6H3;1H. The first-order chi connectivity index (χ1) is 16.3. The predicted octanol–water partition coefficient (Wildman–Crippen LogP) is 6.64. The van der Waals surface area contributed by atoms with Gasteiger partial charge in [-0.15, -0.1) is 12.4 Å². The van der Waals surface area contributed by atoms with E-state index in [1.165, 1.54) is 44.5 Å². The summed E-state index contributed by atoms with van der Waals surface area (Å²) < 4.78 is 6.75. The first kappa shape index (κ1) is 25.8. The van der Waals surface area contributed by atoms with Crippen LogP contribution in [-0.4, -0.2) is 36.7 Å². The van der Waals surface area contributed by atoms with Crippen LogP contribution in [0.25, 0.3) is 0 Å². The van der Waals surface area contributed by atoms with E-state index in [9.17, 15) is 0 Å². The lowest BCUT2D eigenvalue weighted by molar-refractivity contribution is 0.121. The maximum atomic E-state index is 6.75. The molecule has 5 rings (SSSR count). The maximum absolute atomic E-state index is 6.75. The molecule has 186 valence electrons. The Bertz CT molecular complexity index is 1180. The molecule has 0 spiro atoms. The van der Waals surface area contributed by atoms with E-state index in [4.69, 9.17) is 4.74 Å². The van der Waals surface area contributed by atoms with Gasteiger partial charge in [-0.25, -0.2) is 0 Å². The third-order valence-corrected chi connectivity index (χ3v) is 8.02. The second-order valence-electron chi connectivity index (χ2n) is 10.7. The average molecular weight is 491 g/mol. The zero-order chi connectivity index (χ0) is 24.0. The molecule has 0 amide bonds. The van der Waals surface area contributed by atoms with Crippen LogP contribution in [0.5, 0.6) is 5.75 Å². The third-order valence-electron chi connectivity index (χ3n) is 8.02. The van der Waals surface area contributed by atoms with Crippen LogP contribution in [0.15, 0.2) is 54.6 Å². The number of fused-ring (bicyclic) bond motifs is 1. The van der Waals surface area contributed by atoms with Gasteiger partial charge in [0.1, 0.15) is 11.4 Å². The highest BCUT2D eigenvalue weighted by atomic mass is 35.5. The molecule has 1 fully saturated rings. The van der Waals surface area contributed by atoms with Gasteiger partial charge in [-0.1, -0.05) is 60.2 Å². The summed E-state index contributed by atoms with van der Waals surface area (Å²) in [4.78, 5) is 2.66. The lowest BCUT2D eigenvalue weighted by Gasteiger charge is -2.38. The zero-order valence-corrected chi connectivity index (χ0v) is 22.8. The van der Waals surface area contributed by atoms with Gasteiger partial charge in [-0.2, -0.15) is 0 Å². The summed E-state index contributed by atoms with van der Waals surface area (Å²) in [6, 6.07) is 20.4. The van der Waals surface area contributed by atoms with Crippen molar-refractivity contribution in [3.05, 3.63) is 99.1 Å². The lowest BCUT2D eigenvalue weighted by Crippen LogP contribution is -2.45. The van der Waals surface area contributed by atoms with Crippen LogP contribution in [0.2, 0.25) is 0 Å². The monoisotopic (exact) mass is 490 g/mol. The van der Waals surface area contributed by atoms with Gasteiger partial charge < -0.3 is 10.1 Å². The van der Waals surface area contributed by atoms with E-state index < -0.39 is 0 Å². The molecule has 1 saturated heterocycles. The highest BCUT2D eigenvalue weighted by molar-refractivity contribution is 5.85. The molecule has 0 aliphatic carbocycles. The molecule has 0 radical (unpaired) electrons. The van der Waals surface area contributed by atoms with E-state index in [-0.39, 0.29) is 30.0 Å². The van der Waals surface area contributed by atoms with Crippen molar-refractivity contribution >= 4 is 12.4 Å². The number of piperazine rings is 1. The highest BCUT2D eigenvalue weighted by Crippen LogP contribution is 2.54. The van der Waals surface area contributed by atoms with E-state index in [2.05, 4.69) is 106 Å². The van der Waals surface area contributed by atoms with Crippen LogP contribution < -0.4 is 10.1 Å². The van der Waals surface area contributed by atoms with E-state index in [1.54, 1.807) is 0 Å². The third kappa shape index (κ3) is 4.50. The number of hydrogen-bond acceptors (Lipinski definition) is 3. The van der Waals surface area contributed by atoms with Crippen molar-refractivity contribution in [2.75, 3.05) is 26.2 Å². The van der Waals surface area contributed by atoms with Gasteiger partial charge in [0.2, 0.25) is 0 Å². The molecule has 3 nitrogen and oxygen atoms in total. The van der Waals surface area contributed by atoms with Crippen molar-refractivity contribution in [2.45, 2.75) is 59.1 Å². The largest absolute Gasteiger partial charge is 0.486 e. The van der Waals surface area contributed by atoms with E-state index in [1.807, 2.05) is 0 Å². The summed E-state index contributed by atoms with van der Waals surface area (Å²) in [5.74, 6) is 1.31. The number of hydrogen-bond donors (Lipinski definition) is 1. The molecule has 35 heavy (non-hydrogen) atoms. The average Bonchev–Trinajstić information content (AvgIpc) is 3.13. The first-order valence-corrected chi connectivity index (χ1v) is 12.7. The number of nitrogens with one attached hydrogen (secondary N) is 1. The fourth-order valence-electron chi connectivity index (χ4n) is 6.19. The molecule has 0 saturated carbocycles. The summed E-state index contributed by atoms with van der Waals surface area (Å²) in [5.41, 5.74) is 10.6. The van der Waals surface area contributed by atoms with E-state index >= 15 is 0 Å². The number of aryl methyl sites for hydroxylation is 1. The van der Waals surface area contributed by atoms with Gasteiger partial charge in [0, 0.05) is 31.7 Å². The number of nitrogens with zero attached hydrogens (tertiary/aromatic N) is 1. The second kappa shape index (κ2) is 9.97. The van der Waals surface area contributed by atoms with Crippen LogP contribution in [0, 0.1) is 27.7 Å². The Morgan fingerprint density at radius 2 is 1.49 bits per heavy atom. The van der Waals surface area contributed by atoms with Crippen molar-refractivity contribution in [1.82, 2.24) is 10.2 Å². The summed E-state index contributed by atoms with van der Waals surface area (Å²) >= 11 is 0. The molecule has 1 N–H and O–H groups in total. The topological polar surface area (TPSA) is 24.5 Å². The molecule has 2 aliphatic heterocycles. The Labute approximate surface area is 217 Å². The van der Waals surface area contributed by atoms with Crippen molar-refractivity contribution in [3.63, 3.8) is 0 Å². The summed E-state index contributed by atoms with van der Waals surface area (Å²) in [7, 11) is 0. The van der Waals surface area contributed by atoms with E-state index in [0.29, 0.717) is 0 Å². The Kier molecular flexibility index (Phi) is 7.33. The lowest BCUT2D eigenvalue weighted by atomic mass is 9.76. The summed E-state index contributed by atoms with van der Waals surface area (Å²) in [5, 5.41) is 3.54. The maximum Gasteiger partial charge on any atom is 0.127 e. The quantitative estimate of drug-likeness (QED) is 0.443. The summed E-state index contributed by atoms with van der Waals surface area (Å²) in [6.45, 7) is 17.7. The molecule has 2 unspecified atom stereocenters. The second-order valence-corrected chi connectivity index (χ2v) is 10.7. The van der Waals surface area contributed by atoms with Gasteiger partial charge in [0.25, 0.3) is 0 Å². The Morgan fingerprint density at radius 1 is 0.857 bits per heavy atom. The van der Waals surface area contributed by atoms with Crippen molar-refractivity contribution in [2.24, 2.45) is 0 Å². The van der Waals surface area contributed by atoms with Crippen LogP contribution in [0.1, 0.15) is 70.3 Å². The van der Waals surface area contributed by atoms with Crippen LogP contribution in [0.4, 0.5) is 0 Å². The molecule has 4 heteroatoms. The molecule has 3 aromatic rings. The number of benzene rings is 3. The SMILES string of the molecule is Cc1ccc(C2c3c(C)c(C(c4ccccc4)N4CCNCC4)c(C)c(C)c3OC2(C)C)cc1.Cl. The van der Waals surface area contributed by atoms with Gasteiger partial charge in [-0.3, -0.25) is 4.90 Å². The van der Waals surface area contributed by atoms with Gasteiger partial charge in [0.15, 0.2) is 0 Å². The van der Waals surface area contributed by atoms with Crippen molar-refractivity contribution in [3.8, 4) is 5.75 Å². The molecule has 0 aromatic heterocycles. The summed E-state index contributed by atoms with van der Waals surface area (Å²) in [6.07, 6.45) is 0. The zero-order valence-electron chi connectivity index (χ0n) is 21.9. The highest BCUT2D eigenvalue weighted by Gasteiger charge is 2.45. The molecule has 2 heterocycles. The number of ether oxygens (including phenoxy) is 1. The Morgan fingerprint density at radius 3 is 2.11 bits per heavy atom. The Hall–Kier alpha value is -2.33. The van der Waals surface area contributed by atoms with E-state index in [0.717, 1.165) is 31.9 Å². The van der Waals surface area contributed by atoms with Crippen LogP contribution in [-0.2, 0) is 0 Å². The van der Waals surface area contributed by atoms with Gasteiger partial charge in [-0.05, 0) is 74.9 Å². The minimum atomic E-state index is -0.296.